The monoisotopic (exact) mass is 324 g/mol. The van der Waals surface area contributed by atoms with Gasteiger partial charge in [0.15, 0.2) is 0 Å². The molecule has 0 aliphatic carbocycles. The Hall–Kier alpha value is -0.950. The lowest BCUT2D eigenvalue weighted by Crippen LogP contribution is -2.47. The molecule has 5 nitrogen and oxygen atoms in total. The lowest BCUT2D eigenvalue weighted by atomic mass is 10.00. The molecule has 3 heterocycles. The van der Waals surface area contributed by atoms with Crippen molar-refractivity contribution in [3.8, 4) is 0 Å². The summed E-state index contributed by atoms with van der Waals surface area (Å²) in [7, 11) is 4.12. The molecule has 122 valence electrons. The average molecular weight is 324 g/mol. The van der Waals surface area contributed by atoms with Crippen molar-refractivity contribution < 1.29 is 14.3 Å². The zero-order valence-electron chi connectivity index (χ0n) is 13.3. The molecule has 0 saturated carbocycles. The van der Waals surface area contributed by atoms with E-state index in [-0.39, 0.29) is 17.6 Å². The van der Waals surface area contributed by atoms with Gasteiger partial charge in [0.2, 0.25) is 0 Å². The zero-order chi connectivity index (χ0) is 15.6. The molecule has 2 atom stereocenters. The molecule has 2 aliphatic heterocycles. The summed E-state index contributed by atoms with van der Waals surface area (Å²) in [6.45, 7) is 3.36. The summed E-state index contributed by atoms with van der Waals surface area (Å²) in [6, 6.07) is 3.80. The Morgan fingerprint density at radius 3 is 3.14 bits per heavy atom. The van der Waals surface area contributed by atoms with Gasteiger partial charge in [0.25, 0.3) is 5.91 Å². The quantitative estimate of drug-likeness (QED) is 0.849. The molecule has 1 spiro atoms. The Kier molecular flexibility index (Phi) is 4.82. The van der Waals surface area contributed by atoms with Gasteiger partial charge in [-0.25, -0.2) is 0 Å². The van der Waals surface area contributed by atoms with Crippen molar-refractivity contribution in [3.63, 3.8) is 0 Å². The van der Waals surface area contributed by atoms with Gasteiger partial charge in [0.05, 0.1) is 30.7 Å². The Balaban J connectivity index is 1.69. The minimum atomic E-state index is -0.329. The van der Waals surface area contributed by atoms with Crippen molar-refractivity contribution in [2.45, 2.75) is 24.5 Å². The van der Waals surface area contributed by atoms with Crippen LogP contribution in [0.4, 0.5) is 0 Å². The van der Waals surface area contributed by atoms with Crippen molar-refractivity contribution in [2.75, 3.05) is 46.9 Å². The normalized spacial score (nSPS) is 29.2. The van der Waals surface area contributed by atoms with Gasteiger partial charge in [-0.2, -0.15) is 0 Å². The molecule has 2 unspecified atom stereocenters. The van der Waals surface area contributed by atoms with Crippen LogP contribution in [-0.4, -0.2) is 74.4 Å². The van der Waals surface area contributed by atoms with Gasteiger partial charge in [-0.1, -0.05) is 6.07 Å². The number of carbonyl (C=O) groups is 1. The number of carbonyl (C=O) groups excluding carboxylic acids is 1. The van der Waals surface area contributed by atoms with E-state index in [1.807, 2.05) is 22.4 Å². The molecule has 1 aromatic heterocycles. The maximum atomic E-state index is 12.6. The lowest BCUT2D eigenvalue weighted by molar-refractivity contribution is -0.0878. The van der Waals surface area contributed by atoms with E-state index in [0.29, 0.717) is 26.3 Å². The van der Waals surface area contributed by atoms with Crippen LogP contribution < -0.4 is 0 Å². The van der Waals surface area contributed by atoms with Gasteiger partial charge in [-0.3, -0.25) is 4.79 Å². The molecule has 22 heavy (non-hydrogen) atoms. The molecule has 0 radical (unpaired) electrons. The summed E-state index contributed by atoms with van der Waals surface area (Å²) in [5.41, 5.74) is -0.329. The van der Waals surface area contributed by atoms with E-state index in [1.54, 1.807) is 0 Å². The van der Waals surface area contributed by atoms with Crippen LogP contribution in [0.2, 0.25) is 0 Å². The summed E-state index contributed by atoms with van der Waals surface area (Å²) in [4.78, 5) is 17.5. The molecule has 2 aliphatic rings. The van der Waals surface area contributed by atoms with E-state index >= 15 is 0 Å². The van der Waals surface area contributed by atoms with Crippen molar-refractivity contribution in [2.24, 2.45) is 0 Å². The molecule has 2 saturated heterocycles. The average Bonchev–Trinajstić information content (AvgIpc) is 3.07. The molecule has 3 rings (SSSR count). The molecular formula is C16H24N2O3S. The first kappa shape index (κ1) is 15.9. The first-order valence-electron chi connectivity index (χ1n) is 7.81. The lowest BCUT2D eigenvalue weighted by Gasteiger charge is -2.32. The smallest absolute Gasteiger partial charge is 0.264 e. The number of thiophene rings is 1. The SMILES string of the molecule is CN(C)CC1CCC2(COCCN(C(=O)c3cccs3)C2)O1. The van der Waals surface area contributed by atoms with Crippen LogP contribution in [0.15, 0.2) is 17.5 Å². The van der Waals surface area contributed by atoms with Crippen molar-refractivity contribution >= 4 is 17.2 Å². The molecule has 1 aromatic rings. The molecule has 6 heteroatoms. The molecule has 1 amide bonds. The molecular weight excluding hydrogens is 300 g/mol. The highest BCUT2D eigenvalue weighted by Gasteiger charge is 2.44. The number of rotatable bonds is 3. The third-order valence-electron chi connectivity index (χ3n) is 4.28. The summed E-state index contributed by atoms with van der Waals surface area (Å²) in [5.74, 6) is 0.0968. The highest BCUT2D eigenvalue weighted by Crippen LogP contribution is 2.33. The van der Waals surface area contributed by atoms with Gasteiger partial charge in [-0.15, -0.1) is 11.3 Å². The summed E-state index contributed by atoms with van der Waals surface area (Å²) in [5, 5.41) is 1.94. The third-order valence-corrected chi connectivity index (χ3v) is 5.13. The van der Waals surface area contributed by atoms with Crippen LogP contribution in [0.1, 0.15) is 22.5 Å². The molecule has 0 N–H and O–H groups in total. The van der Waals surface area contributed by atoms with Crippen LogP contribution in [0.5, 0.6) is 0 Å². The number of ether oxygens (including phenoxy) is 2. The fourth-order valence-electron chi connectivity index (χ4n) is 3.29. The fourth-order valence-corrected chi connectivity index (χ4v) is 3.98. The van der Waals surface area contributed by atoms with Crippen molar-refractivity contribution in [3.05, 3.63) is 22.4 Å². The van der Waals surface area contributed by atoms with Crippen LogP contribution in [0.25, 0.3) is 0 Å². The highest BCUT2D eigenvalue weighted by atomic mass is 32.1. The predicted molar refractivity (Wildman–Crippen MR) is 86.4 cm³/mol. The van der Waals surface area contributed by atoms with Gasteiger partial charge < -0.3 is 19.3 Å². The van der Waals surface area contributed by atoms with Crippen molar-refractivity contribution in [1.82, 2.24) is 9.80 Å². The fraction of sp³-hybridized carbons (Fsp3) is 0.688. The highest BCUT2D eigenvalue weighted by molar-refractivity contribution is 7.12. The minimum Gasteiger partial charge on any atom is -0.377 e. The topological polar surface area (TPSA) is 42.0 Å². The van der Waals surface area contributed by atoms with Crippen molar-refractivity contribution in [1.29, 1.82) is 0 Å². The van der Waals surface area contributed by atoms with E-state index in [1.165, 1.54) is 11.3 Å². The summed E-state index contributed by atoms with van der Waals surface area (Å²) >= 11 is 1.49. The van der Waals surface area contributed by atoms with Gasteiger partial charge >= 0.3 is 0 Å². The Bertz CT molecular complexity index is 505. The van der Waals surface area contributed by atoms with E-state index in [4.69, 9.17) is 9.47 Å². The molecule has 0 bridgehead atoms. The van der Waals surface area contributed by atoms with Crippen LogP contribution in [-0.2, 0) is 9.47 Å². The number of hydrogen-bond donors (Lipinski definition) is 0. The Labute approximate surface area is 135 Å². The van der Waals surface area contributed by atoms with E-state index in [0.717, 1.165) is 24.3 Å². The zero-order valence-corrected chi connectivity index (χ0v) is 14.1. The predicted octanol–water partition coefficient (Wildman–Crippen LogP) is 1.70. The van der Waals surface area contributed by atoms with Gasteiger partial charge in [0, 0.05) is 13.1 Å². The number of hydrogen-bond acceptors (Lipinski definition) is 5. The first-order valence-corrected chi connectivity index (χ1v) is 8.69. The maximum Gasteiger partial charge on any atom is 0.264 e. The Morgan fingerprint density at radius 1 is 1.55 bits per heavy atom. The second kappa shape index (κ2) is 6.66. The van der Waals surface area contributed by atoms with Crippen LogP contribution in [0.3, 0.4) is 0 Å². The number of nitrogens with zero attached hydrogens (tertiary/aromatic N) is 2. The van der Waals surface area contributed by atoms with E-state index < -0.39 is 0 Å². The van der Waals surface area contributed by atoms with Gasteiger partial charge in [-0.05, 0) is 38.4 Å². The van der Waals surface area contributed by atoms with Gasteiger partial charge in [0.1, 0.15) is 5.60 Å². The number of likely N-dealkylation sites (N-methyl/N-ethyl adjacent to an activating group) is 1. The molecule has 2 fully saturated rings. The third kappa shape index (κ3) is 3.51. The summed E-state index contributed by atoms with van der Waals surface area (Å²) < 4.78 is 12.1. The largest absolute Gasteiger partial charge is 0.377 e. The number of amides is 1. The van der Waals surface area contributed by atoms with Crippen LogP contribution >= 0.6 is 11.3 Å². The van der Waals surface area contributed by atoms with Crippen LogP contribution in [0, 0.1) is 0 Å². The molecule has 0 aromatic carbocycles. The minimum absolute atomic E-state index is 0.0968. The second-order valence-corrected chi connectivity index (χ2v) is 7.43. The van der Waals surface area contributed by atoms with E-state index in [9.17, 15) is 4.79 Å². The summed E-state index contributed by atoms with van der Waals surface area (Å²) in [6.07, 6.45) is 2.22. The maximum absolute atomic E-state index is 12.6. The first-order chi connectivity index (χ1) is 10.6. The second-order valence-electron chi connectivity index (χ2n) is 6.48. The van der Waals surface area contributed by atoms with E-state index in [2.05, 4.69) is 19.0 Å². The Morgan fingerprint density at radius 2 is 2.41 bits per heavy atom. The standard InChI is InChI=1S/C16H24N2O3S/c1-17(2)10-13-5-6-16(21-13)11-18(7-8-20-12-16)15(19)14-4-3-9-22-14/h3-4,9,13H,5-8,10-12H2,1-2H3.